The van der Waals surface area contributed by atoms with E-state index in [4.69, 9.17) is 9.47 Å². The normalized spacial score (nSPS) is 13.7. The van der Waals surface area contributed by atoms with Crippen LogP contribution >= 0.6 is 15.9 Å². The van der Waals surface area contributed by atoms with Crippen molar-refractivity contribution in [2.24, 2.45) is 0 Å². The van der Waals surface area contributed by atoms with E-state index in [2.05, 4.69) is 15.9 Å². The topological polar surface area (TPSA) is 38.7 Å². The minimum Gasteiger partial charge on any atom is -0.503 e. The van der Waals surface area contributed by atoms with Crippen LogP contribution in [0.25, 0.3) is 0 Å². The van der Waals surface area contributed by atoms with Crippen LogP contribution in [0.5, 0.6) is 17.2 Å². The Kier molecular flexibility index (Phi) is 2.07. The number of benzene rings is 1. The highest BCUT2D eigenvalue weighted by atomic mass is 79.9. The molecule has 1 aliphatic rings. The van der Waals surface area contributed by atoms with Gasteiger partial charge >= 0.3 is 0 Å². The van der Waals surface area contributed by atoms with Gasteiger partial charge < -0.3 is 14.6 Å². The van der Waals surface area contributed by atoms with Crippen molar-refractivity contribution in [1.29, 1.82) is 0 Å². The lowest BCUT2D eigenvalue weighted by molar-refractivity contribution is 0.346. The van der Waals surface area contributed by atoms with E-state index < -0.39 is 0 Å². The van der Waals surface area contributed by atoms with E-state index in [1.54, 1.807) is 0 Å². The van der Waals surface area contributed by atoms with E-state index in [1.165, 1.54) is 7.11 Å². The number of aromatic hydroxyl groups is 1. The third-order valence-electron chi connectivity index (χ3n) is 2.08. The largest absolute Gasteiger partial charge is 0.503 e. The Labute approximate surface area is 84.4 Å². The summed E-state index contributed by atoms with van der Waals surface area (Å²) >= 11 is 3.27. The summed E-state index contributed by atoms with van der Waals surface area (Å²) < 4.78 is 10.9. The molecule has 1 aromatic carbocycles. The molecular formula is C9H9BrO3. The highest BCUT2D eigenvalue weighted by molar-refractivity contribution is 9.10. The molecule has 1 N–H and O–H groups in total. The number of halogens is 1. The molecule has 0 aliphatic carbocycles. The first-order valence-corrected chi connectivity index (χ1v) is 4.74. The van der Waals surface area contributed by atoms with E-state index in [1.807, 2.05) is 6.07 Å². The molecule has 0 atom stereocenters. The van der Waals surface area contributed by atoms with Gasteiger partial charge in [0.05, 0.1) is 13.7 Å². The van der Waals surface area contributed by atoms with Gasteiger partial charge in [-0.3, -0.25) is 0 Å². The van der Waals surface area contributed by atoms with Crippen LogP contribution in [0.15, 0.2) is 10.5 Å². The molecular weight excluding hydrogens is 236 g/mol. The van der Waals surface area contributed by atoms with Gasteiger partial charge in [-0.1, -0.05) is 0 Å². The van der Waals surface area contributed by atoms with Crippen LogP contribution in [-0.2, 0) is 6.42 Å². The SMILES string of the molecule is COc1cc2c(c(Br)c1O)OCC2. The molecule has 1 heterocycles. The van der Waals surface area contributed by atoms with Crippen molar-refractivity contribution in [2.45, 2.75) is 6.42 Å². The summed E-state index contributed by atoms with van der Waals surface area (Å²) in [6.45, 7) is 0.667. The zero-order valence-electron chi connectivity index (χ0n) is 7.13. The van der Waals surface area contributed by atoms with Gasteiger partial charge in [0.2, 0.25) is 0 Å². The number of methoxy groups -OCH3 is 1. The molecule has 0 spiro atoms. The van der Waals surface area contributed by atoms with Crippen LogP contribution in [-0.4, -0.2) is 18.8 Å². The van der Waals surface area contributed by atoms with E-state index in [9.17, 15) is 5.11 Å². The standard InChI is InChI=1S/C9H9BrO3/c1-12-6-4-5-2-3-13-9(5)7(10)8(6)11/h4,11H,2-3H2,1H3. The number of phenols is 1. The Morgan fingerprint density at radius 2 is 2.38 bits per heavy atom. The zero-order valence-corrected chi connectivity index (χ0v) is 8.72. The van der Waals surface area contributed by atoms with Crippen LogP contribution in [0, 0.1) is 0 Å². The lowest BCUT2D eigenvalue weighted by Crippen LogP contribution is -1.88. The lowest BCUT2D eigenvalue weighted by Gasteiger charge is -2.08. The quantitative estimate of drug-likeness (QED) is 0.823. The van der Waals surface area contributed by atoms with Crippen LogP contribution in [0.3, 0.4) is 0 Å². The molecule has 0 amide bonds. The minimum absolute atomic E-state index is 0.100. The van der Waals surface area contributed by atoms with Crippen molar-refractivity contribution in [3.63, 3.8) is 0 Å². The first kappa shape index (κ1) is 8.69. The Hall–Kier alpha value is -0.900. The molecule has 2 rings (SSSR count). The molecule has 0 unspecified atom stereocenters. The Bertz CT molecular complexity index is 348. The van der Waals surface area contributed by atoms with Gasteiger partial charge in [-0.25, -0.2) is 0 Å². The molecule has 3 nitrogen and oxygen atoms in total. The summed E-state index contributed by atoms with van der Waals surface area (Å²) in [6, 6.07) is 1.81. The summed E-state index contributed by atoms with van der Waals surface area (Å²) in [6.07, 6.45) is 0.866. The smallest absolute Gasteiger partial charge is 0.176 e. The lowest BCUT2D eigenvalue weighted by atomic mass is 10.1. The van der Waals surface area contributed by atoms with E-state index >= 15 is 0 Å². The van der Waals surface area contributed by atoms with E-state index in [0.717, 1.165) is 17.7 Å². The second kappa shape index (κ2) is 3.10. The van der Waals surface area contributed by atoms with Gasteiger partial charge in [0.15, 0.2) is 11.5 Å². The van der Waals surface area contributed by atoms with Gasteiger partial charge in [0.25, 0.3) is 0 Å². The van der Waals surface area contributed by atoms with Gasteiger partial charge in [-0.05, 0) is 22.0 Å². The van der Waals surface area contributed by atoms with Gasteiger partial charge in [0, 0.05) is 12.0 Å². The van der Waals surface area contributed by atoms with Gasteiger partial charge in [-0.15, -0.1) is 0 Å². The maximum atomic E-state index is 9.61. The third kappa shape index (κ3) is 1.25. The van der Waals surface area contributed by atoms with E-state index in [-0.39, 0.29) is 5.75 Å². The Morgan fingerprint density at radius 3 is 3.08 bits per heavy atom. The van der Waals surface area contributed by atoms with Crippen molar-refractivity contribution >= 4 is 15.9 Å². The summed E-state index contributed by atoms with van der Waals surface area (Å²) in [5.41, 5.74) is 1.07. The third-order valence-corrected chi connectivity index (χ3v) is 2.81. The first-order valence-electron chi connectivity index (χ1n) is 3.95. The van der Waals surface area contributed by atoms with Crippen molar-refractivity contribution in [3.8, 4) is 17.2 Å². The molecule has 0 saturated heterocycles. The molecule has 4 heteroatoms. The van der Waals surface area contributed by atoms with Crippen LogP contribution in [0.2, 0.25) is 0 Å². The molecule has 0 saturated carbocycles. The molecule has 1 aliphatic heterocycles. The minimum atomic E-state index is 0.100. The number of hydrogen-bond donors (Lipinski definition) is 1. The average molecular weight is 245 g/mol. The fourth-order valence-electron chi connectivity index (χ4n) is 1.41. The number of rotatable bonds is 1. The molecule has 0 radical (unpaired) electrons. The van der Waals surface area contributed by atoms with Crippen molar-refractivity contribution < 1.29 is 14.6 Å². The first-order chi connectivity index (χ1) is 6.24. The Balaban J connectivity index is 2.61. The summed E-state index contributed by atoms with van der Waals surface area (Å²) in [5, 5.41) is 9.61. The summed E-state index contributed by atoms with van der Waals surface area (Å²) in [5.74, 6) is 1.32. The molecule has 70 valence electrons. The van der Waals surface area contributed by atoms with Gasteiger partial charge in [0.1, 0.15) is 10.2 Å². The van der Waals surface area contributed by atoms with Crippen LogP contribution < -0.4 is 9.47 Å². The highest BCUT2D eigenvalue weighted by Crippen LogP contribution is 2.45. The predicted octanol–water partition coefficient (Wildman–Crippen LogP) is 2.10. The Morgan fingerprint density at radius 1 is 1.62 bits per heavy atom. The van der Waals surface area contributed by atoms with Crippen LogP contribution in [0.4, 0.5) is 0 Å². The maximum Gasteiger partial charge on any atom is 0.176 e. The average Bonchev–Trinajstić information content (AvgIpc) is 2.59. The zero-order chi connectivity index (χ0) is 9.42. The molecule has 0 bridgehead atoms. The van der Waals surface area contributed by atoms with Crippen molar-refractivity contribution in [1.82, 2.24) is 0 Å². The molecule has 13 heavy (non-hydrogen) atoms. The summed E-state index contributed by atoms with van der Waals surface area (Å²) in [4.78, 5) is 0. The number of ether oxygens (including phenoxy) is 2. The maximum absolute atomic E-state index is 9.61. The van der Waals surface area contributed by atoms with E-state index in [0.29, 0.717) is 16.8 Å². The monoisotopic (exact) mass is 244 g/mol. The number of hydrogen-bond acceptors (Lipinski definition) is 3. The van der Waals surface area contributed by atoms with Crippen molar-refractivity contribution in [3.05, 3.63) is 16.1 Å². The molecule has 0 fully saturated rings. The second-order valence-electron chi connectivity index (χ2n) is 2.83. The summed E-state index contributed by atoms with van der Waals surface area (Å²) in [7, 11) is 1.53. The van der Waals surface area contributed by atoms with Gasteiger partial charge in [-0.2, -0.15) is 0 Å². The van der Waals surface area contributed by atoms with Crippen molar-refractivity contribution in [2.75, 3.05) is 13.7 Å². The fourth-order valence-corrected chi connectivity index (χ4v) is 1.97. The molecule has 1 aromatic rings. The highest BCUT2D eigenvalue weighted by Gasteiger charge is 2.21. The second-order valence-corrected chi connectivity index (χ2v) is 3.62. The molecule has 0 aromatic heterocycles. The fraction of sp³-hybridized carbons (Fsp3) is 0.333. The number of fused-ring (bicyclic) bond motifs is 1. The van der Waals surface area contributed by atoms with Crippen LogP contribution in [0.1, 0.15) is 5.56 Å². The number of phenolic OH excluding ortho intramolecular Hbond substituents is 1. The predicted molar refractivity (Wildman–Crippen MR) is 51.6 cm³/mol.